The first kappa shape index (κ1) is 14.4. The van der Waals surface area contributed by atoms with E-state index >= 15 is 0 Å². The Kier molecular flexibility index (Phi) is 4.23. The summed E-state index contributed by atoms with van der Waals surface area (Å²) in [4.78, 5) is 6.57. The van der Waals surface area contributed by atoms with Gasteiger partial charge in [-0.2, -0.15) is 4.98 Å². The van der Waals surface area contributed by atoms with Gasteiger partial charge in [0.05, 0.1) is 24.9 Å². The summed E-state index contributed by atoms with van der Waals surface area (Å²) in [7, 11) is 0. The van der Waals surface area contributed by atoms with Crippen molar-refractivity contribution >= 4 is 0 Å². The van der Waals surface area contributed by atoms with E-state index in [4.69, 9.17) is 9.26 Å². The normalized spacial score (nSPS) is 24.0. The fourth-order valence-electron chi connectivity index (χ4n) is 2.40. The van der Waals surface area contributed by atoms with Crippen LogP contribution in [0.15, 0.2) is 4.52 Å². The number of morpholine rings is 1. The minimum absolute atomic E-state index is 0.0312. The smallest absolute Gasteiger partial charge is 0.229 e. The Labute approximate surface area is 113 Å². The van der Waals surface area contributed by atoms with E-state index in [1.54, 1.807) is 0 Å². The molecule has 0 aliphatic carbocycles. The summed E-state index contributed by atoms with van der Waals surface area (Å²) < 4.78 is 11.0. The van der Waals surface area contributed by atoms with E-state index in [-0.39, 0.29) is 24.2 Å². The summed E-state index contributed by atoms with van der Waals surface area (Å²) in [5.41, 5.74) is -0.268. The maximum atomic E-state index is 9.28. The second-order valence-corrected chi connectivity index (χ2v) is 6.06. The first-order chi connectivity index (χ1) is 8.89. The third-order valence-electron chi connectivity index (χ3n) is 3.10. The number of aliphatic hydroxyl groups excluding tert-OH is 1. The van der Waals surface area contributed by atoms with Crippen molar-refractivity contribution in [3.63, 3.8) is 0 Å². The summed E-state index contributed by atoms with van der Waals surface area (Å²) in [6.45, 7) is 10.2. The van der Waals surface area contributed by atoms with Crippen molar-refractivity contribution in [2.45, 2.75) is 51.9 Å². The first-order valence-corrected chi connectivity index (χ1v) is 6.73. The average molecular weight is 269 g/mol. The van der Waals surface area contributed by atoms with Gasteiger partial charge in [0.25, 0.3) is 0 Å². The fourth-order valence-corrected chi connectivity index (χ4v) is 2.40. The van der Waals surface area contributed by atoms with Crippen LogP contribution in [0.5, 0.6) is 0 Å². The third-order valence-corrected chi connectivity index (χ3v) is 3.10. The molecule has 0 amide bonds. The lowest BCUT2D eigenvalue weighted by molar-refractivity contribution is -0.151. The molecule has 2 rings (SSSR count). The highest BCUT2D eigenvalue weighted by Gasteiger charge is 2.33. The highest BCUT2D eigenvalue weighted by molar-refractivity contribution is 4.93. The van der Waals surface area contributed by atoms with Crippen molar-refractivity contribution in [1.82, 2.24) is 15.0 Å². The molecule has 1 N–H and O–H groups in total. The van der Waals surface area contributed by atoms with Crippen LogP contribution in [0.25, 0.3) is 0 Å². The third kappa shape index (κ3) is 3.75. The minimum Gasteiger partial charge on any atom is -0.394 e. The molecule has 6 heteroatoms. The van der Waals surface area contributed by atoms with Crippen LogP contribution in [-0.4, -0.2) is 51.5 Å². The maximum absolute atomic E-state index is 9.28. The summed E-state index contributed by atoms with van der Waals surface area (Å²) >= 11 is 0. The fraction of sp³-hybridized carbons (Fsp3) is 0.846. The molecule has 1 atom stereocenters. The van der Waals surface area contributed by atoms with Gasteiger partial charge in [-0.25, -0.2) is 0 Å². The number of aromatic nitrogens is 2. The molecular formula is C13H23N3O3. The summed E-state index contributed by atoms with van der Waals surface area (Å²) in [6.07, 6.45) is -0.153. The van der Waals surface area contributed by atoms with Gasteiger partial charge in [0, 0.05) is 19.0 Å². The molecule has 6 nitrogen and oxygen atoms in total. The van der Waals surface area contributed by atoms with Crippen LogP contribution < -0.4 is 0 Å². The topological polar surface area (TPSA) is 71.6 Å². The van der Waals surface area contributed by atoms with Crippen LogP contribution >= 0.6 is 0 Å². The number of hydrogen-bond donors (Lipinski definition) is 1. The number of rotatable bonds is 4. The molecule has 0 aromatic carbocycles. The average Bonchev–Trinajstić information content (AvgIpc) is 2.75. The van der Waals surface area contributed by atoms with Gasteiger partial charge in [-0.3, -0.25) is 4.90 Å². The standard InChI is InChI=1S/C13H23N3O3/c1-9(2)12-14-11(15-19-12)6-16-5-10(7-17)18-13(3,4)8-16/h9-10,17H,5-8H2,1-4H3. The van der Waals surface area contributed by atoms with E-state index in [0.29, 0.717) is 24.8 Å². The van der Waals surface area contributed by atoms with Crippen LogP contribution in [-0.2, 0) is 11.3 Å². The maximum Gasteiger partial charge on any atom is 0.229 e. The van der Waals surface area contributed by atoms with Crippen LogP contribution in [0.2, 0.25) is 0 Å². The SMILES string of the molecule is CC(C)c1nc(CN2CC(CO)OC(C)(C)C2)no1. The number of hydrogen-bond acceptors (Lipinski definition) is 6. The molecule has 1 aliphatic heterocycles. The molecule has 0 radical (unpaired) electrons. The quantitative estimate of drug-likeness (QED) is 0.884. The second kappa shape index (κ2) is 5.56. The van der Waals surface area contributed by atoms with E-state index in [0.717, 1.165) is 6.54 Å². The zero-order valence-corrected chi connectivity index (χ0v) is 12.1. The Bertz CT molecular complexity index is 417. The van der Waals surface area contributed by atoms with Crippen molar-refractivity contribution in [2.75, 3.05) is 19.7 Å². The molecule has 1 aromatic heterocycles. The van der Waals surface area contributed by atoms with Gasteiger partial charge in [-0.05, 0) is 13.8 Å². The van der Waals surface area contributed by atoms with E-state index in [2.05, 4.69) is 15.0 Å². The highest BCUT2D eigenvalue weighted by atomic mass is 16.5. The van der Waals surface area contributed by atoms with Gasteiger partial charge in [-0.1, -0.05) is 19.0 Å². The largest absolute Gasteiger partial charge is 0.394 e. The minimum atomic E-state index is -0.268. The van der Waals surface area contributed by atoms with Crippen molar-refractivity contribution < 1.29 is 14.4 Å². The summed E-state index contributed by atoms with van der Waals surface area (Å²) in [5.74, 6) is 1.60. The highest BCUT2D eigenvalue weighted by Crippen LogP contribution is 2.22. The van der Waals surface area contributed by atoms with E-state index in [9.17, 15) is 5.11 Å². The lowest BCUT2D eigenvalue weighted by atomic mass is 10.1. The zero-order valence-electron chi connectivity index (χ0n) is 12.1. The molecule has 2 heterocycles. The van der Waals surface area contributed by atoms with Crippen LogP contribution in [0.4, 0.5) is 0 Å². The van der Waals surface area contributed by atoms with E-state index in [1.807, 2.05) is 27.7 Å². The Morgan fingerprint density at radius 3 is 2.79 bits per heavy atom. The predicted molar refractivity (Wildman–Crippen MR) is 69.7 cm³/mol. The molecule has 0 saturated carbocycles. The predicted octanol–water partition coefficient (Wildman–Crippen LogP) is 1.16. The van der Waals surface area contributed by atoms with Gasteiger partial charge < -0.3 is 14.4 Å². The Morgan fingerprint density at radius 2 is 2.21 bits per heavy atom. The number of nitrogens with zero attached hydrogens (tertiary/aromatic N) is 3. The summed E-state index contributed by atoms with van der Waals surface area (Å²) in [5, 5.41) is 13.3. The van der Waals surface area contributed by atoms with Crippen LogP contribution in [0.1, 0.15) is 45.3 Å². The van der Waals surface area contributed by atoms with Crippen LogP contribution in [0, 0.1) is 0 Å². The zero-order chi connectivity index (χ0) is 14.0. The van der Waals surface area contributed by atoms with E-state index in [1.165, 1.54) is 0 Å². The molecule has 1 aromatic rings. The summed E-state index contributed by atoms with van der Waals surface area (Å²) in [6, 6.07) is 0. The van der Waals surface area contributed by atoms with E-state index < -0.39 is 0 Å². The van der Waals surface area contributed by atoms with Gasteiger partial charge in [0.15, 0.2) is 5.82 Å². The number of aliphatic hydroxyl groups is 1. The molecular weight excluding hydrogens is 246 g/mol. The molecule has 19 heavy (non-hydrogen) atoms. The van der Waals surface area contributed by atoms with Crippen molar-refractivity contribution in [1.29, 1.82) is 0 Å². The van der Waals surface area contributed by atoms with Crippen molar-refractivity contribution in [2.24, 2.45) is 0 Å². The molecule has 1 saturated heterocycles. The second-order valence-electron chi connectivity index (χ2n) is 6.06. The molecule has 0 bridgehead atoms. The Hall–Kier alpha value is -0.980. The van der Waals surface area contributed by atoms with Crippen LogP contribution in [0.3, 0.4) is 0 Å². The van der Waals surface area contributed by atoms with Gasteiger partial charge in [0.1, 0.15) is 0 Å². The first-order valence-electron chi connectivity index (χ1n) is 6.73. The molecule has 108 valence electrons. The molecule has 1 fully saturated rings. The molecule has 1 unspecified atom stereocenters. The van der Waals surface area contributed by atoms with Gasteiger partial charge >= 0.3 is 0 Å². The monoisotopic (exact) mass is 269 g/mol. The molecule has 0 spiro atoms. The van der Waals surface area contributed by atoms with Gasteiger partial charge in [0.2, 0.25) is 5.89 Å². The van der Waals surface area contributed by atoms with Gasteiger partial charge in [-0.15, -0.1) is 0 Å². The lowest BCUT2D eigenvalue weighted by Gasteiger charge is -2.41. The van der Waals surface area contributed by atoms with Crippen molar-refractivity contribution in [3.05, 3.63) is 11.7 Å². The Balaban J connectivity index is 2.00. The lowest BCUT2D eigenvalue weighted by Crippen LogP contribution is -2.53. The number of ether oxygens (including phenoxy) is 1. The molecule has 1 aliphatic rings. The Morgan fingerprint density at radius 1 is 1.47 bits per heavy atom. The van der Waals surface area contributed by atoms with Crippen molar-refractivity contribution in [3.8, 4) is 0 Å².